The van der Waals surface area contributed by atoms with Crippen LogP contribution in [0.2, 0.25) is 0 Å². The van der Waals surface area contributed by atoms with Gasteiger partial charge in [0.05, 0.1) is 18.2 Å². The summed E-state index contributed by atoms with van der Waals surface area (Å²) >= 11 is 0. The van der Waals surface area contributed by atoms with Crippen LogP contribution < -0.4 is 0 Å². The molecule has 0 aromatic heterocycles. The highest BCUT2D eigenvalue weighted by atomic mass is 16.6. The third-order valence-corrected chi connectivity index (χ3v) is 6.37. The van der Waals surface area contributed by atoms with Crippen molar-refractivity contribution in [3.05, 3.63) is 72.9 Å². The van der Waals surface area contributed by atoms with Gasteiger partial charge in [-0.05, 0) is 44.7 Å². The predicted molar refractivity (Wildman–Crippen MR) is 124 cm³/mol. The summed E-state index contributed by atoms with van der Waals surface area (Å²) < 4.78 is 5.73. The second kappa shape index (κ2) is 9.05. The molecule has 2 heterocycles. The third kappa shape index (κ3) is 4.21. The number of nitrogens with zero attached hydrogens (tertiary/aromatic N) is 3. The second-order valence-electron chi connectivity index (χ2n) is 9.54. The molecule has 4 atom stereocenters. The van der Waals surface area contributed by atoms with Gasteiger partial charge < -0.3 is 4.74 Å². The van der Waals surface area contributed by atoms with E-state index >= 15 is 0 Å². The van der Waals surface area contributed by atoms with E-state index in [1.807, 2.05) is 68.2 Å². The van der Waals surface area contributed by atoms with Crippen LogP contribution in [-0.4, -0.2) is 28.7 Å². The fourth-order valence-electron chi connectivity index (χ4n) is 5.10. The van der Waals surface area contributed by atoms with Crippen LogP contribution in [0.1, 0.15) is 51.5 Å². The molecule has 1 saturated heterocycles. The number of benzene rings is 1. The lowest BCUT2D eigenvalue weighted by Crippen LogP contribution is -2.52. The highest BCUT2D eigenvalue weighted by molar-refractivity contribution is 5.71. The maximum Gasteiger partial charge on any atom is 0.411 e. The first-order valence-corrected chi connectivity index (χ1v) is 11.1. The van der Waals surface area contributed by atoms with Crippen LogP contribution in [0, 0.1) is 34.0 Å². The standard InChI is InChI=1S/C27H31N3O2/c1-6-15-27(17-28,18-29)22-16-20-13-14-23(30(20)25(31)32-26(3,4)5)24(22)21(7-2)19-11-9-8-10-12-19/h6-12,16,20-21,23-24H,1-2,13-15H2,3-5H3/t20-,21-,23+,24-/m0/s1. The molecule has 32 heavy (non-hydrogen) atoms. The molecule has 0 spiro atoms. The zero-order valence-electron chi connectivity index (χ0n) is 19.1. The number of amides is 1. The number of carbonyl (C=O) groups is 1. The average molecular weight is 430 g/mol. The molecule has 5 heteroatoms. The Hall–Kier alpha value is -3.31. The molecule has 0 aliphatic carbocycles. The molecule has 166 valence electrons. The van der Waals surface area contributed by atoms with E-state index in [-0.39, 0.29) is 36.4 Å². The van der Waals surface area contributed by atoms with Crippen LogP contribution in [0.5, 0.6) is 0 Å². The van der Waals surface area contributed by atoms with Gasteiger partial charge in [0, 0.05) is 24.3 Å². The van der Waals surface area contributed by atoms with Crippen LogP contribution in [0.3, 0.4) is 0 Å². The van der Waals surface area contributed by atoms with Crippen LogP contribution >= 0.6 is 0 Å². The molecule has 2 bridgehead atoms. The molecule has 1 fully saturated rings. The van der Waals surface area contributed by atoms with E-state index in [4.69, 9.17) is 4.74 Å². The number of hydrogen-bond acceptors (Lipinski definition) is 4. The lowest BCUT2D eigenvalue weighted by atomic mass is 9.65. The fourth-order valence-corrected chi connectivity index (χ4v) is 5.10. The van der Waals surface area contributed by atoms with Gasteiger partial charge in [-0.25, -0.2) is 4.79 Å². The smallest absolute Gasteiger partial charge is 0.411 e. The van der Waals surface area contributed by atoms with E-state index in [0.717, 1.165) is 24.0 Å². The van der Waals surface area contributed by atoms with Gasteiger partial charge in [0.25, 0.3) is 0 Å². The summed E-state index contributed by atoms with van der Waals surface area (Å²) in [5, 5.41) is 20.3. The predicted octanol–water partition coefficient (Wildman–Crippen LogP) is 5.89. The van der Waals surface area contributed by atoms with Crippen molar-refractivity contribution < 1.29 is 9.53 Å². The van der Waals surface area contributed by atoms with Gasteiger partial charge in [0.15, 0.2) is 5.41 Å². The molecule has 3 rings (SSSR count). The van der Waals surface area contributed by atoms with Crippen molar-refractivity contribution in [2.45, 2.75) is 63.6 Å². The molecule has 0 N–H and O–H groups in total. The summed E-state index contributed by atoms with van der Waals surface area (Å²) in [5.74, 6) is -0.428. The highest BCUT2D eigenvalue weighted by Crippen LogP contribution is 2.52. The number of rotatable bonds is 6. The maximum absolute atomic E-state index is 13.2. The number of ether oxygens (including phenoxy) is 1. The maximum atomic E-state index is 13.2. The van der Waals surface area contributed by atoms with Crippen molar-refractivity contribution in [3.63, 3.8) is 0 Å². The van der Waals surface area contributed by atoms with E-state index in [9.17, 15) is 15.3 Å². The Morgan fingerprint density at radius 1 is 1.22 bits per heavy atom. The second-order valence-corrected chi connectivity index (χ2v) is 9.54. The first kappa shape index (κ1) is 23.4. The first-order valence-electron chi connectivity index (χ1n) is 11.1. The van der Waals surface area contributed by atoms with Gasteiger partial charge in [0.1, 0.15) is 5.60 Å². The van der Waals surface area contributed by atoms with Gasteiger partial charge in [-0.2, -0.15) is 10.5 Å². The Balaban J connectivity index is 2.17. The quantitative estimate of drug-likeness (QED) is 0.528. The largest absolute Gasteiger partial charge is 0.444 e. The lowest BCUT2D eigenvalue weighted by molar-refractivity contribution is 0.0104. The van der Waals surface area contributed by atoms with Crippen LogP contribution in [0.4, 0.5) is 4.79 Å². The summed E-state index contributed by atoms with van der Waals surface area (Å²) in [5.41, 5.74) is -0.137. The topological polar surface area (TPSA) is 77.1 Å². The van der Waals surface area contributed by atoms with Crippen molar-refractivity contribution in [3.8, 4) is 12.1 Å². The number of hydrogen-bond donors (Lipinski definition) is 0. The first-order chi connectivity index (χ1) is 15.2. The minimum Gasteiger partial charge on any atom is -0.444 e. The van der Waals surface area contributed by atoms with Crippen molar-refractivity contribution >= 4 is 6.09 Å². The van der Waals surface area contributed by atoms with E-state index in [1.54, 1.807) is 6.08 Å². The summed E-state index contributed by atoms with van der Waals surface area (Å²) in [7, 11) is 0. The average Bonchev–Trinajstić information content (AvgIpc) is 3.08. The summed E-state index contributed by atoms with van der Waals surface area (Å²) in [6.07, 6.45) is 6.87. The molecule has 0 radical (unpaired) electrons. The fraction of sp³-hybridized carbons (Fsp3) is 0.444. The summed E-state index contributed by atoms with van der Waals surface area (Å²) in [6.45, 7) is 13.4. The lowest BCUT2D eigenvalue weighted by Gasteiger charge is -2.45. The van der Waals surface area contributed by atoms with E-state index in [1.165, 1.54) is 0 Å². The van der Waals surface area contributed by atoms with Crippen molar-refractivity contribution in [1.82, 2.24) is 4.90 Å². The summed E-state index contributed by atoms with van der Waals surface area (Å²) in [4.78, 5) is 15.0. The van der Waals surface area contributed by atoms with Gasteiger partial charge in [-0.3, -0.25) is 4.90 Å². The summed E-state index contributed by atoms with van der Waals surface area (Å²) in [6, 6.07) is 14.1. The molecular weight excluding hydrogens is 398 g/mol. The van der Waals surface area contributed by atoms with Crippen molar-refractivity contribution in [1.29, 1.82) is 10.5 Å². The minimum atomic E-state index is -1.33. The Kier molecular flexibility index (Phi) is 6.60. The molecule has 0 unspecified atom stereocenters. The van der Waals surface area contributed by atoms with Crippen molar-refractivity contribution in [2.75, 3.05) is 0 Å². The Morgan fingerprint density at radius 3 is 2.41 bits per heavy atom. The van der Waals surface area contributed by atoms with Gasteiger partial charge in [-0.1, -0.05) is 48.6 Å². The van der Waals surface area contributed by atoms with Crippen LogP contribution in [-0.2, 0) is 4.74 Å². The monoisotopic (exact) mass is 429 g/mol. The SMILES string of the molecule is C=CCC(C#N)(C#N)C1=C[C@@H]2CC[C@H]([C@H]1[C@@H](C=C)c1ccccc1)N2C(=O)OC(C)(C)C. The van der Waals surface area contributed by atoms with Gasteiger partial charge in [-0.15, -0.1) is 13.2 Å². The molecule has 0 saturated carbocycles. The molecule has 2 aliphatic heterocycles. The Bertz CT molecular complexity index is 976. The van der Waals surface area contributed by atoms with Gasteiger partial charge in [0.2, 0.25) is 0 Å². The molecule has 2 aliphatic rings. The molecule has 1 amide bonds. The minimum absolute atomic E-state index is 0.165. The van der Waals surface area contributed by atoms with E-state index in [2.05, 4.69) is 25.3 Å². The molecule has 1 aromatic carbocycles. The normalized spacial score (nSPS) is 23.3. The molecule has 1 aromatic rings. The number of carbonyl (C=O) groups excluding carboxylic acids is 1. The van der Waals surface area contributed by atoms with Gasteiger partial charge >= 0.3 is 6.09 Å². The van der Waals surface area contributed by atoms with E-state index < -0.39 is 11.0 Å². The Morgan fingerprint density at radius 2 is 1.88 bits per heavy atom. The zero-order valence-corrected chi connectivity index (χ0v) is 19.1. The van der Waals surface area contributed by atoms with Crippen LogP contribution in [0.15, 0.2) is 67.3 Å². The van der Waals surface area contributed by atoms with Crippen LogP contribution in [0.25, 0.3) is 0 Å². The zero-order chi connectivity index (χ0) is 23.5. The number of nitriles is 2. The number of allylic oxidation sites excluding steroid dienone is 2. The highest BCUT2D eigenvalue weighted by Gasteiger charge is 2.53. The Labute approximate surface area is 191 Å². The van der Waals surface area contributed by atoms with Crippen molar-refractivity contribution in [2.24, 2.45) is 11.3 Å². The molecular formula is C27H31N3O2. The molecule has 5 nitrogen and oxygen atoms in total. The third-order valence-electron chi connectivity index (χ3n) is 6.37. The van der Waals surface area contributed by atoms with E-state index in [0.29, 0.717) is 0 Å². The number of fused-ring (bicyclic) bond motifs is 2.